The van der Waals surface area contributed by atoms with Gasteiger partial charge in [0.05, 0.1) is 17.1 Å². The number of hydrogen-bond acceptors (Lipinski definition) is 3. The molecule has 0 fully saturated rings. The van der Waals surface area contributed by atoms with Gasteiger partial charge in [0.15, 0.2) is 0 Å². The van der Waals surface area contributed by atoms with Crippen LogP contribution in [0.15, 0.2) is 23.0 Å². The van der Waals surface area contributed by atoms with Crippen LogP contribution in [-0.4, -0.2) is 17.1 Å². The van der Waals surface area contributed by atoms with E-state index in [-0.39, 0.29) is 22.8 Å². The molecule has 1 aromatic heterocycles. The number of para-hydroxylation sites is 1. The van der Waals surface area contributed by atoms with E-state index in [4.69, 9.17) is 16.3 Å². The molecule has 0 atom stereocenters. The molecule has 0 saturated heterocycles. The number of hydrogen-bond donors (Lipinski definition) is 0. The van der Waals surface area contributed by atoms with Crippen LogP contribution >= 0.6 is 11.6 Å². The minimum absolute atomic E-state index is 0.0555. The van der Waals surface area contributed by atoms with E-state index in [1.54, 1.807) is 11.5 Å². The summed E-state index contributed by atoms with van der Waals surface area (Å²) < 4.78 is 6.59. The second-order valence-electron chi connectivity index (χ2n) is 4.78. The Balaban J connectivity index is 2.40. The summed E-state index contributed by atoms with van der Waals surface area (Å²) in [6.07, 6.45) is 1.81. The van der Waals surface area contributed by atoms with Crippen molar-refractivity contribution < 1.29 is 9.53 Å². The minimum atomic E-state index is -0.649. The van der Waals surface area contributed by atoms with Gasteiger partial charge in [-0.2, -0.15) is 0 Å². The van der Waals surface area contributed by atoms with Gasteiger partial charge in [-0.05, 0) is 25.3 Å². The summed E-state index contributed by atoms with van der Waals surface area (Å²) in [5.74, 6) is -0.649. The number of carbonyl (C=O) groups is 1. The standard InChI is InChI=1S/C15H14ClNO3/c1-2-20-15(19)11-12(16)10-7-3-5-9-6-4-8-17(13(9)10)14(11)18/h3,5,7H,2,4,6,8H2,1H3. The average Bonchev–Trinajstić information content (AvgIpc) is 2.45. The van der Waals surface area contributed by atoms with Crippen molar-refractivity contribution in [1.82, 2.24) is 4.57 Å². The Kier molecular flexibility index (Phi) is 3.26. The molecule has 2 heterocycles. The Bertz CT molecular complexity index is 764. The lowest BCUT2D eigenvalue weighted by molar-refractivity contribution is 0.0524. The molecule has 0 amide bonds. The fourth-order valence-corrected chi connectivity index (χ4v) is 3.09. The van der Waals surface area contributed by atoms with Crippen LogP contribution in [0.3, 0.4) is 0 Å². The number of nitrogens with zero attached hydrogens (tertiary/aromatic N) is 1. The molecule has 4 nitrogen and oxygen atoms in total. The van der Waals surface area contributed by atoms with Crippen LogP contribution < -0.4 is 5.56 Å². The van der Waals surface area contributed by atoms with Crippen molar-refractivity contribution in [3.05, 3.63) is 44.7 Å². The van der Waals surface area contributed by atoms with Crippen molar-refractivity contribution in [2.75, 3.05) is 6.61 Å². The lowest BCUT2D eigenvalue weighted by Gasteiger charge is -2.21. The Morgan fingerprint density at radius 2 is 2.25 bits per heavy atom. The average molecular weight is 292 g/mol. The summed E-state index contributed by atoms with van der Waals surface area (Å²) in [6.45, 7) is 2.52. The summed E-state index contributed by atoms with van der Waals surface area (Å²) in [5.41, 5.74) is 1.54. The molecule has 0 spiro atoms. The van der Waals surface area contributed by atoms with Gasteiger partial charge in [0.25, 0.3) is 5.56 Å². The van der Waals surface area contributed by atoms with Gasteiger partial charge in [-0.15, -0.1) is 0 Å². The fraction of sp³-hybridized carbons (Fsp3) is 0.333. The first kappa shape index (κ1) is 13.2. The van der Waals surface area contributed by atoms with Gasteiger partial charge < -0.3 is 9.30 Å². The number of ether oxygens (including phenoxy) is 1. The SMILES string of the molecule is CCOC(=O)c1c(Cl)c2cccc3c2n(c1=O)CCC3. The third-order valence-corrected chi connectivity index (χ3v) is 4.00. The minimum Gasteiger partial charge on any atom is -0.462 e. The van der Waals surface area contributed by atoms with Gasteiger partial charge in [0.2, 0.25) is 0 Å². The summed E-state index contributed by atoms with van der Waals surface area (Å²) in [7, 11) is 0. The Hall–Kier alpha value is -1.81. The quantitative estimate of drug-likeness (QED) is 0.800. The highest BCUT2D eigenvalue weighted by molar-refractivity contribution is 6.38. The fourth-order valence-electron chi connectivity index (χ4n) is 2.78. The van der Waals surface area contributed by atoms with Gasteiger partial charge >= 0.3 is 5.97 Å². The van der Waals surface area contributed by atoms with Crippen molar-refractivity contribution in [2.24, 2.45) is 0 Å². The zero-order valence-electron chi connectivity index (χ0n) is 11.1. The molecule has 0 unspecified atom stereocenters. The Labute approximate surface area is 120 Å². The van der Waals surface area contributed by atoms with E-state index in [1.165, 1.54) is 0 Å². The highest BCUT2D eigenvalue weighted by Gasteiger charge is 2.24. The third-order valence-electron chi connectivity index (χ3n) is 3.61. The first-order valence-corrected chi connectivity index (χ1v) is 7.04. The van der Waals surface area contributed by atoms with Crippen LogP contribution in [0.5, 0.6) is 0 Å². The Morgan fingerprint density at radius 3 is 3.00 bits per heavy atom. The molecule has 3 rings (SSSR count). The van der Waals surface area contributed by atoms with Gasteiger partial charge in [-0.25, -0.2) is 4.79 Å². The van der Waals surface area contributed by atoms with Crippen LogP contribution in [0, 0.1) is 0 Å². The summed E-state index contributed by atoms with van der Waals surface area (Å²) in [4.78, 5) is 24.5. The molecule has 1 aliphatic heterocycles. The van der Waals surface area contributed by atoms with Crippen molar-refractivity contribution in [3.8, 4) is 0 Å². The first-order valence-electron chi connectivity index (χ1n) is 6.66. The molecule has 1 aliphatic rings. The van der Waals surface area contributed by atoms with E-state index in [0.29, 0.717) is 6.54 Å². The van der Waals surface area contributed by atoms with Crippen LogP contribution in [0.1, 0.15) is 29.3 Å². The van der Waals surface area contributed by atoms with Crippen molar-refractivity contribution in [3.63, 3.8) is 0 Å². The third kappa shape index (κ3) is 1.83. The number of esters is 1. The molecule has 0 N–H and O–H groups in total. The van der Waals surface area contributed by atoms with Gasteiger partial charge in [0.1, 0.15) is 5.56 Å². The molecule has 0 aliphatic carbocycles. The molecule has 20 heavy (non-hydrogen) atoms. The molecule has 0 radical (unpaired) electrons. The molecule has 2 aromatic rings. The summed E-state index contributed by atoms with van der Waals surface area (Å²) in [5, 5.41) is 0.940. The zero-order chi connectivity index (χ0) is 14.3. The van der Waals surface area contributed by atoms with E-state index < -0.39 is 5.97 Å². The van der Waals surface area contributed by atoms with Crippen molar-refractivity contribution in [2.45, 2.75) is 26.3 Å². The van der Waals surface area contributed by atoms with Crippen LogP contribution in [-0.2, 0) is 17.7 Å². The first-order chi connectivity index (χ1) is 9.65. The number of aryl methyl sites for hydroxylation is 2. The van der Waals surface area contributed by atoms with Crippen molar-refractivity contribution in [1.29, 1.82) is 0 Å². The van der Waals surface area contributed by atoms with E-state index in [1.807, 2.05) is 18.2 Å². The van der Waals surface area contributed by atoms with Gasteiger partial charge in [0, 0.05) is 11.9 Å². The molecule has 0 saturated carbocycles. The summed E-state index contributed by atoms with van der Waals surface area (Å²) in [6, 6.07) is 5.74. The highest BCUT2D eigenvalue weighted by atomic mass is 35.5. The Morgan fingerprint density at radius 1 is 1.45 bits per heavy atom. The molecule has 104 valence electrons. The maximum absolute atomic E-state index is 12.5. The normalized spacial score (nSPS) is 13.5. The maximum atomic E-state index is 12.5. The smallest absolute Gasteiger partial charge is 0.345 e. The molecular formula is C15H14ClNO3. The monoisotopic (exact) mass is 291 g/mol. The lowest BCUT2D eigenvalue weighted by atomic mass is 10.00. The number of carbonyl (C=O) groups excluding carboxylic acids is 1. The van der Waals surface area contributed by atoms with Crippen LogP contribution in [0.2, 0.25) is 5.02 Å². The largest absolute Gasteiger partial charge is 0.462 e. The van der Waals surface area contributed by atoms with Crippen LogP contribution in [0.4, 0.5) is 0 Å². The second-order valence-corrected chi connectivity index (χ2v) is 5.16. The zero-order valence-corrected chi connectivity index (χ0v) is 11.9. The van der Waals surface area contributed by atoms with E-state index in [2.05, 4.69) is 0 Å². The van der Waals surface area contributed by atoms with Gasteiger partial charge in [-0.3, -0.25) is 4.79 Å². The van der Waals surface area contributed by atoms with Crippen LogP contribution in [0.25, 0.3) is 10.9 Å². The molecular weight excluding hydrogens is 278 g/mol. The van der Waals surface area contributed by atoms with Gasteiger partial charge in [-0.1, -0.05) is 29.8 Å². The molecule has 5 heteroatoms. The van der Waals surface area contributed by atoms with Crippen molar-refractivity contribution >= 4 is 28.5 Å². The number of aromatic nitrogens is 1. The lowest BCUT2D eigenvalue weighted by Crippen LogP contribution is -2.30. The number of rotatable bonds is 2. The van der Waals surface area contributed by atoms with E-state index in [9.17, 15) is 9.59 Å². The number of benzene rings is 1. The molecule has 0 bridgehead atoms. The predicted octanol–water partition coefficient (Wildman–Crippen LogP) is 2.78. The summed E-state index contributed by atoms with van der Waals surface area (Å²) >= 11 is 6.29. The molecule has 1 aromatic carbocycles. The van der Waals surface area contributed by atoms with E-state index in [0.717, 1.165) is 29.3 Å². The predicted molar refractivity (Wildman–Crippen MR) is 77.5 cm³/mol. The highest BCUT2D eigenvalue weighted by Crippen LogP contribution is 2.30. The topological polar surface area (TPSA) is 48.3 Å². The van der Waals surface area contributed by atoms with E-state index >= 15 is 0 Å². The maximum Gasteiger partial charge on any atom is 0.345 e. The number of pyridine rings is 1. The number of halogens is 1. The second kappa shape index (κ2) is 4.94.